The zero-order valence-corrected chi connectivity index (χ0v) is 19.4. The van der Waals surface area contributed by atoms with Gasteiger partial charge >= 0.3 is 5.63 Å². The van der Waals surface area contributed by atoms with Crippen LogP contribution in [0.4, 0.5) is 5.69 Å². The summed E-state index contributed by atoms with van der Waals surface area (Å²) >= 11 is 6.38. The molecule has 0 saturated carbocycles. The third kappa shape index (κ3) is 4.01. The fourth-order valence-corrected chi connectivity index (χ4v) is 4.54. The van der Waals surface area contributed by atoms with Crippen LogP contribution in [0.15, 0.2) is 82.0 Å². The Hall–Kier alpha value is -3.77. The average Bonchev–Trinajstić information content (AvgIpc) is 2.85. The predicted octanol–water partition coefficient (Wildman–Crippen LogP) is 5.38. The molecule has 2 atom stereocenters. The molecular weight excluding hydrogens is 454 g/mol. The number of carbonyl (C=O) groups is 1. The van der Waals surface area contributed by atoms with Crippen LogP contribution in [-0.4, -0.2) is 18.4 Å². The number of carbonyl (C=O) groups excluding carboxylic acids is 1. The molecule has 172 valence electrons. The molecule has 1 saturated heterocycles. The number of hydrogen-bond donors (Lipinski definition) is 0. The van der Waals surface area contributed by atoms with Crippen molar-refractivity contribution in [2.24, 2.45) is 0 Å². The van der Waals surface area contributed by atoms with Crippen LogP contribution in [-0.2, 0) is 11.4 Å². The molecule has 1 fully saturated rings. The molecule has 5 rings (SSSR count). The van der Waals surface area contributed by atoms with E-state index in [1.54, 1.807) is 12.0 Å². The Morgan fingerprint density at radius 1 is 0.941 bits per heavy atom. The molecule has 34 heavy (non-hydrogen) atoms. The zero-order chi connectivity index (χ0) is 23.8. The van der Waals surface area contributed by atoms with E-state index in [2.05, 4.69) is 0 Å². The Kier molecular flexibility index (Phi) is 5.75. The highest BCUT2D eigenvalue weighted by Crippen LogP contribution is 2.42. The van der Waals surface area contributed by atoms with E-state index in [9.17, 15) is 9.59 Å². The molecule has 4 aromatic rings. The molecule has 6 nitrogen and oxygen atoms in total. The highest BCUT2D eigenvalue weighted by Gasteiger charge is 2.47. The van der Waals surface area contributed by atoms with Crippen LogP contribution >= 0.6 is 11.6 Å². The van der Waals surface area contributed by atoms with Crippen LogP contribution in [0.2, 0.25) is 0 Å². The second-order valence-electron chi connectivity index (χ2n) is 8.20. The summed E-state index contributed by atoms with van der Waals surface area (Å²) in [4.78, 5) is 26.1. The summed E-state index contributed by atoms with van der Waals surface area (Å²) in [6, 6.07) is 21.7. The van der Waals surface area contributed by atoms with Gasteiger partial charge in [0.25, 0.3) is 0 Å². The van der Waals surface area contributed by atoms with E-state index in [4.69, 9.17) is 25.5 Å². The predicted molar refractivity (Wildman–Crippen MR) is 131 cm³/mol. The van der Waals surface area contributed by atoms with Crippen molar-refractivity contribution < 1.29 is 18.7 Å². The Morgan fingerprint density at radius 2 is 1.65 bits per heavy atom. The van der Waals surface area contributed by atoms with Crippen molar-refractivity contribution in [2.45, 2.75) is 24.9 Å². The summed E-state index contributed by atoms with van der Waals surface area (Å²) in [5.74, 6) is 1.23. The van der Waals surface area contributed by atoms with Crippen molar-refractivity contribution >= 4 is 34.2 Å². The molecule has 0 spiro atoms. The van der Waals surface area contributed by atoms with Gasteiger partial charge in [0.05, 0.1) is 13.2 Å². The Bertz CT molecular complexity index is 1410. The lowest BCUT2D eigenvalue weighted by atomic mass is 9.92. The number of rotatable bonds is 6. The molecule has 0 aliphatic carbocycles. The fourth-order valence-electron chi connectivity index (χ4n) is 4.18. The number of fused-ring (bicyclic) bond motifs is 1. The minimum atomic E-state index is -0.632. The first-order valence-corrected chi connectivity index (χ1v) is 11.3. The lowest BCUT2D eigenvalue weighted by Gasteiger charge is -2.44. The number of anilines is 1. The molecule has 0 N–H and O–H groups in total. The summed E-state index contributed by atoms with van der Waals surface area (Å²) in [5.41, 5.74) is 3.57. The smallest absolute Gasteiger partial charge is 0.336 e. The van der Waals surface area contributed by atoms with Gasteiger partial charge in [-0.1, -0.05) is 24.3 Å². The number of alkyl halides is 1. The molecule has 7 heteroatoms. The number of β-lactam (4-membered cyclic amide) rings is 1. The van der Waals surface area contributed by atoms with Crippen molar-refractivity contribution in [1.82, 2.24) is 0 Å². The largest absolute Gasteiger partial charge is 0.497 e. The quantitative estimate of drug-likeness (QED) is 0.212. The third-order valence-corrected chi connectivity index (χ3v) is 6.41. The van der Waals surface area contributed by atoms with Gasteiger partial charge in [0, 0.05) is 22.7 Å². The lowest BCUT2D eigenvalue weighted by molar-refractivity contribution is -0.123. The molecule has 0 bridgehead atoms. The maximum atomic E-state index is 12.5. The van der Waals surface area contributed by atoms with Crippen LogP contribution in [0, 0.1) is 6.92 Å². The lowest BCUT2D eigenvalue weighted by Crippen LogP contribution is -2.56. The second-order valence-corrected chi connectivity index (χ2v) is 8.67. The van der Waals surface area contributed by atoms with Crippen LogP contribution in [0.3, 0.4) is 0 Å². The maximum absolute atomic E-state index is 12.5. The van der Waals surface area contributed by atoms with Crippen LogP contribution in [0.1, 0.15) is 22.7 Å². The minimum Gasteiger partial charge on any atom is -0.497 e. The number of hydrogen-bond acceptors (Lipinski definition) is 5. The van der Waals surface area contributed by atoms with Crippen LogP contribution in [0.5, 0.6) is 11.5 Å². The molecule has 1 amide bonds. The van der Waals surface area contributed by atoms with Crippen molar-refractivity contribution in [1.29, 1.82) is 0 Å². The number of halogens is 1. The number of amides is 1. The van der Waals surface area contributed by atoms with E-state index in [0.717, 1.165) is 33.5 Å². The zero-order valence-electron chi connectivity index (χ0n) is 18.7. The summed E-state index contributed by atoms with van der Waals surface area (Å²) in [5, 5.41) is 0.210. The topological polar surface area (TPSA) is 69.0 Å². The minimum absolute atomic E-state index is 0.137. The Balaban J connectivity index is 1.33. The van der Waals surface area contributed by atoms with Gasteiger partial charge in [-0.2, -0.15) is 0 Å². The second kappa shape index (κ2) is 8.88. The monoisotopic (exact) mass is 475 g/mol. The van der Waals surface area contributed by atoms with Crippen molar-refractivity contribution in [3.05, 3.63) is 99.9 Å². The molecule has 2 heterocycles. The third-order valence-electron chi connectivity index (χ3n) is 5.98. The van der Waals surface area contributed by atoms with Gasteiger partial charge in [-0.05, 0) is 60.5 Å². The number of ether oxygens (including phenoxy) is 2. The van der Waals surface area contributed by atoms with Gasteiger partial charge in [-0.25, -0.2) is 4.79 Å². The van der Waals surface area contributed by atoms with Gasteiger partial charge in [-0.15, -0.1) is 11.6 Å². The first kappa shape index (κ1) is 22.0. The maximum Gasteiger partial charge on any atom is 0.336 e. The van der Waals surface area contributed by atoms with E-state index in [1.165, 1.54) is 6.07 Å². The van der Waals surface area contributed by atoms with E-state index in [1.807, 2.05) is 73.7 Å². The summed E-state index contributed by atoms with van der Waals surface area (Å²) < 4.78 is 16.5. The Morgan fingerprint density at radius 3 is 2.35 bits per heavy atom. The number of nitrogens with zero attached hydrogens (tertiary/aromatic N) is 1. The van der Waals surface area contributed by atoms with Crippen LogP contribution in [0.25, 0.3) is 11.0 Å². The van der Waals surface area contributed by atoms with Gasteiger partial charge in [0.1, 0.15) is 29.1 Å². The standard InChI is InChI=1S/C27H22ClNO5/c1-16-3-12-22-18(14-24(30)34-23(22)13-16)15-33-21-8-4-17(5-9-21)26-25(28)27(31)29(26)19-6-10-20(32-2)11-7-19/h3-14,25-26H,15H2,1-2H3. The normalized spacial score (nSPS) is 17.5. The Labute approximate surface area is 201 Å². The first-order chi connectivity index (χ1) is 16.4. The van der Waals surface area contributed by atoms with Gasteiger partial charge in [0.2, 0.25) is 5.91 Å². The van der Waals surface area contributed by atoms with Crippen molar-refractivity contribution in [3.63, 3.8) is 0 Å². The molecule has 1 aliphatic rings. The highest BCUT2D eigenvalue weighted by atomic mass is 35.5. The number of methoxy groups -OCH3 is 1. The van der Waals surface area contributed by atoms with Gasteiger partial charge in [0.15, 0.2) is 0 Å². The molecule has 3 aromatic carbocycles. The number of benzene rings is 3. The van der Waals surface area contributed by atoms with Crippen molar-refractivity contribution in [3.8, 4) is 11.5 Å². The van der Waals surface area contributed by atoms with E-state index >= 15 is 0 Å². The van der Waals surface area contributed by atoms with Gasteiger partial charge < -0.3 is 18.8 Å². The van der Waals surface area contributed by atoms with Crippen molar-refractivity contribution in [2.75, 3.05) is 12.0 Å². The number of aryl methyl sites for hydroxylation is 1. The highest BCUT2D eigenvalue weighted by molar-refractivity contribution is 6.37. The molecule has 0 radical (unpaired) electrons. The summed E-state index contributed by atoms with van der Waals surface area (Å²) in [6.07, 6.45) is 0. The molecule has 1 aromatic heterocycles. The van der Waals surface area contributed by atoms with Crippen LogP contribution < -0.4 is 20.0 Å². The average molecular weight is 476 g/mol. The first-order valence-electron chi connectivity index (χ1n) is 10.8. The van der Waals surface area contributed by atoms with E-state index in [0.29, 0.717) is 11.3 Å². The summed E-state index contributed by atoms with van der Waals surface area (Å²) in [6.45, 7) is 2.17. The van der Waals surface area contributed by atoms with E-state index < -0.39 is 11.0 Å². The van der Waals surface area contributed by atoms with E-state index in [-0.39, 0.29) is 18.6 Å². The SMILES string of the molecule is COc1ccc(N2C(=O)C(Cl)C2c2ccc(OCc3cc(=O)oc4cc(C)ccc34)cc2)cc1. The van der Waals surface area contributed by atoms with Gasteiger partial charge in [-0.3, -0.25) is 4.79 Å². The molecule has 1 aliphatic heterocycles. The fraction of sp³-hybridized carbons (Fsp3) is 0.185. The molecule has 2 unspecified atom stereocenters. The molecular formula is C27H22ClNO5. The summed E-state index contributed by atoms with van der Waals surface area (Å²) in [7, 11) is 1.60.